The number of aromatic carboxylic acids is 1. The van der Waals surface area contributed by atoms with Crippen molar-refractivity contribution in [3.8, 4) is 0 Å². The number of aromatic nitrogens is 1. The van der Waals surface area contributed by atoms with Gasteiger partial charge in [0.15, 0.2) is 0 Å². The largest absolute Gasteiger partial charge is 0.478 e. The van der Waals surface area contributed by atoms with E-state index >= 15 is 0 Å². The molecule has 0 aromatic carbocycles. The molecule has 17 heavy (non-hydrogen) atoms. The van der Waals surface area contributed by atoms with Crippen LogP contribution in [0, 0.1) is 6.92 Å². The second kappa shape index (κ2) is 5.16. The molecule has 4 nitrogen and oxygen atoms in total. The number of thiophene rings is 1. The van der Waals surface area contributed by atoms with Gasteiger partial charge < -0.3 is 10.4 Å². The second-order valence-electron chi connectivity index (χ2n) is 3.36. The number of halogens is 1. The molecule has 2 heterocycles. The highest BCUT2D eigenvalue weighted by Gasteiger charge is 2.17. The summed E-state index contributed by atoms with van der Waals surface area (Å²) in [6.45, 7) is 2.31. The number of aryl methyl sites for hydroxylation is 1. The van der Waals surface area contributed by atoms with Crippen molar-refractivity contribution in [2.75, 3.05) is 5.32 Å². The van der Waals surface area contributed by atoms with E-state index < -0.39 is 5.97 Å². The van der Waals surface area contributed by atoms with Crippen molar-refractivity contribution in [1.29, 1.82) is 0 Å². The zero-order valence-corrected chi connectivity index (χ0v) is 12.1. The first-order chi connectivity index (χ1) is 8.08. The summed E-state index contributed by atoms with van der Waals surface area (Å²) in [7, 11) is 0. The molecule has 0 radical (unpaired) electrons. The third kappa shape index (κ3) is 2.85. The third-order valence-corrected chi connectivity index (χ3v) is 4.72. The molecule has 0 aliphatic heterocycles. The monoisotopic (exact) mass is 332 g/mol. The Kier molecular flexibility index (Phi) is 3.80. The molecule has 2 N–H and O–H groups in total. The predicted octanol–water partition coefficient (Wildman–Crippen LogP) is 3.59. The van der Waals surface area contributed by atoms with Gasteiger partial charge in [-0.25, -0.2) is 4.79 Å². The van der Waals surface area contributed by atoms with Crippen LogP contribution in [0.25, 0.3) is 0 Å². The van der Waals surface area contributed by atoms with Gasteiger partial charge in [-0.1, -0.05) is 0 Å². The van der Waals surface area contributed by atoms with Gasteiger partial charge >= 0.3 is 5.97 Å². The number of hydrogen-bond donors (Lipinski definition) is 2. The molecule has 2 aromatic heterocycles. The maximum absolute atomic E-state index is 11.0. The predicted molar refractivity (Wildman–Crippen MR) is 73.2 cm³/mol. The molecule has 0 saturated heterocycles. The highest BCUT2D eigenvalue weighted by atomic mass is 79.9. The molecule has 0 fully saturated rings. The van der Waals surface area contributed by atoms with Crippen LogP contribution in [-0.2, 0) is 6.54 Å². The maximum Gasteiger partial charge on any atom is 0.340 e. The molecule has 0 aliphatic rings. The van der Waals surface area contributed by atoms with Crippen LogP contribution in [0.2, 0.25) is 0 Å². The lowest BCUT2D eigenvalue weighted by Crippen LogP contribution is -2.04. The molecule has 0 spiro atoms. The summed E-state index contributed by atoms with van der Waals surface area (Å²) >= 11 is 6.18. The maximum atomic E-state index is 11.0. The van der Waals surface area contributed by atoms with Crippen LogP contribution in [0.3, 0.4) is 0 Å². The zero-order chi connectivity index (χ0) is 12.4. The van der Waals surface area contributed by atoms with Crippen LogP contribution in [0.15, 0.2) is 15.9 Å². The smallest absolute Gasteiger partial charge is 0.340 e. The lowest BCUT2D eigenvalue weighted by atomic mass is 10.2. The summed E-state index contributed by atoms with van der Waals surface area (Å²) in [6.07, 6.45) is 0. The van der Waals surface area contributed by atoms with Gasteiger partial charge in [-0.2, -0.15) is 4.37 Å². The molecule has 2 aromatic rings. The second-order valence-corrected chi connectivity index (χ2v) is 6.05. The lowest BCUT2D eigenvalue weighted by molar-refractivity contribution is 0.0697. The Balaban J connectivity index is 2.11. The fourth-order valence-electron chi connectivity index (χ4n) is 1.36. The Labute approximate surface area is 115 Å². The van der Waals surface area contributed by atoms with Crippen LogP contribution in [0.5, 0.6) is 0 Å². The molecule has 0 saturated carbocycles. The molecule has 0 bridgehead atoms. The van der Waals surface area contributed by atoms with Gasteiger partial charge in [0.2, 0.25) is 0 Å². The average Bonchev–Trinajstić information content (AvgIpc) is 2.82. The van der Waals surface area contributed by atoms with Crippen LogP contribution in [-0.4, -0.2) is 15.4 Å². The number of hydrogen-bond acceptors (Lipinski definition) is 5. The number of rotatable bonds is 4. The quantitative estimate of drug-likeness (QED) is 0.898. The summed E-state index contributed by atoms with van der Waals surface area (Å²) in [4.78, 5) is 12.2. The van der Waals surface area contributed by atoms with E-state index in [0.717, 1.165) is 9.35 Å². The molecule has 0 aliphatic carbocycles. The number of nitrogens with zero attached hydrogens (tertiary/aromatic N) is 1. The summed E-state index contributed by atoms with van der Waals surface area (Å²) in [5.74, 6) is -0.939. The van der Waals surface area contributed by atoms with Crippen molar-refractivity contribution >= 4 is 49.8 Å². The van der Waals surface area contributed by atoms with Gasteiger partial charge in [0.25, 0.3) is 0 Å². The van der Waals surface area contributed by atoms with Crippen LogP contribution in [0.1, 0.15) is 20.9 Å². The molecule has 90 valence electrons. The lowest BCUT2D eigenvalue weighted by Gasteiger charge is -2.02. The molecular formula is C10H9BrN2O2S2. The first kappa shape index (κ1) is 12.5. The molecule has 0 atom stereocenters. The van der Waals surface area contributed by atoms with Gasteiger partial charge in [-0.05, 0) is 40.5 Å². The fraction of sp³-hybridized carbons (Fsp3) is 0.200. The topological polar surface area (TPSA) is 62.2 Å². The first-order valence-electron chi connectivity index (χ1n) is 4.74. The van der Waals surface area contributed by atoms with Crippen molar-refractivity contribution in [3.63, 3.8) is 0 Å². The standard InChI is InChI=1S/C10H9BrN2O2S2/c1-5-8(10(14)15)9(17-13-5)12-3-7-2-6(11)4-16-7/h2,4,12H,3H2,1H3,(H,14,15). The van der Waals surface area contributed by atoms with Crippen molar-refractivity contribution < 1.29 is 9.90 Å². The number of nitrogens with one attached hydrogen (secondary N) is 1. The highest BCUT2D eigenvalue weighted by molar-refractivity contribution is 9.10. The number of carboxylic acid groups (broad SMARTS) is 1. The van der Waals surface area contributed by atoms with Gasteiger partial charge in [0.05, 0.1) is 12.2 Å². The molecule has 7 heteroatoms. The van der Waals surface area contributed by atoms with E-state index in [1.54, 1.807) is 18.3 Å². The van der Waals surface area contributed by atoms with Crippen molar-refractivity contribution in [3.05, 3.63) is 32.1 Å². The van der Waals surface area contributed by atoms with Gasteiger partial charge in [-0.3, -0.25) is 0 Å². The van der Waals surface area contributed by atoms with E-state index in [9.17, 15) is 4.79 Å². The molecule has 2 rings (SSSR count). The van der Waals surface area contributed by atoms with Crippen LogP contribution >= 0.6 is 38.8 Å². The van der Waals surface area contributed by atoms with E-state index in [0.29, 0.717) is 17.2 Å². The van der Waals surface area contributed by atoms with Gasteiger partial charge in [0, 0.05) is 14.7 Å². The number of anilines is 1. The minimum atomic E-state index is -0.939. The van der Waals surface area contributed by atoms with Crippen LogP contribution < -0.4 is 5.32 Å². The zero-order valence-electron chi connectivity index (χ0n) is 8.86. The van der Waals surface area contributed by atoms with Crippen LogP contribution in [0.4, 0.5) is 5.00 Å². The Morgan fingerprint density at radius 3 is 3.00 bits per heavy atom. The number of carboxylic acids is 1. The SMILES string of the molecule is Cc1nsc(NCc2cc(Br)cs2)c1C(=O)O. The Morgan fingerprint density at radius 1 is 1.65 bits per heavy atom. The molecule has 0 amide bonds. The minimum Gasteiger partial charge on any atom is -0.478 e. The third-order valence-electron chi connectivity index (χ3n) is 2.12. The summed E-state index contributed by atoms with van der Waals surface area (Å²) in [5.41, 5.74) is 0.822. The van der Waals surface area contributed by atoms with Crippen molar-refractivity contribution in [2.45, 2.75) is 13.5 Å². The van der Waals surface area contributed by atoms with E-state index in [1.807, 2.05) is 11.4 Å². The summed E-state index contributed by atoms with van der Waals surface area (Å²) in [5, 5.41) is 14.8. The van der Waals surface area contributed by atoms with E-state index in [1.165, 1.54) is 11.5 Å². The Morgan fingerprint density at radius 2 is 2.41 bits per heavy atom. The summed E-state index contributed by atoms with van der Waals surface area (Å²) in [6, 6.07) is 2.01. The number of carbonyl (C=O) groups is 1. The first-order valence-corrected chi connectivity index (χ1v) is 7.19. The fourth-order valence-corrected chi connectivity index (χ4v) is 3.53. The molecule has 0 unspecified atom stereocenters. The van der Waals surface area contributed by atoms with Gasteiger partial charge in [-0.15, -0.1) is 11.3 Å². The van der Waals surface area contributed by atoms with Crippen molar-refractivity contribution in [1.82, 2.24) is 4.37 Å². The highest BCUT2D eigenvalue weighted by Crippen LogP contribution is 2.26. The van der Waals surface area contributed by atoms with E-state index in [2.05, 4.69) is 25.6 Å². The van der Waals surface area contributed by atoms with Gasteiger partial charge in [0.1, 0.15) is 10.6 Å². The average molecular weight is 333 g/mol. The van der Waals surface area contributed by atoms with E-state index in [4.69, 9.17) is 5.11 Å². The minimum absolute atomic E-state index is 0.269. The summed E-state index contributed by atoms with van der Waals surface area (Å²) < 4.78 is 5.09. The van der Waals surface area contributed by atoms with E-state index in [-0.39, 0.29) is 5.56 Å². The Bertz CT molecular complexity index is 550. The normalized spacial score (nSPS) is 10.5. The molecular weight excluding hydrogens is 324 g/mol. The van der Waals surface area contributed by atoms with Crippen molar-refractivity contribution in [2.24, 2.45) is 0 Å². The Hall–Kier alpha value is -0.920.